The minimum Gasteiger partial charge on any atom is -0.443 e. The van der Waals surface area contributed by atoms with Gasteiger partial charge in [-0.3, -0.25) is 0 Å². The third-order valence-corrected chi connectivity index (χ3v) is 0.475. The maximum absolute atomic E-state index is 11.1. The van der Waals surface area contributed by atoms with Gasteiger partial charge in [-0.05, 0) is 13.8 Å². The molecular formula is C4H7F2NO2. The van der Waals surface area contributed by atoms with E-state index in [0.29, 0.717) is 0 Å². The first-order chi connectivity index (χ1) is 4.04. The summed E-state index contributed by atoms with van der Waals surface area (Å²) < 4.78 is 26.3. The Morgan fingerprint density at radius 2 is 2.00 bits per heavy atom. The number of carbonyl (C=O) groups excluding carboxylic acids is 1. The van der Waals surface area contributed by atoms with E-state index in [-0.39, 0.29) is 0 Å². The average Bonchev–Trinajstić information content (AvgIpc) is 1.63. The molecule has 3 nitrogen and oxygen atoms in total. The third-order valence-electron chi connectivity index (χ3n) is 0.475. The molecule has 1 amide bonds. The van der Waals surface area contributed by atoms with Gasteiger partial charge < -0.3 is 4.74 Å². The number of hydrogen-bond donors (Lipinski definition) is 0. The van der Waals surface area contributed by atoms with Crippen LogP contribution in [0.1, 0.15) is 13.8 Å². The predicted octanol–water partition coefficient (Wildman–Crippen LogP) is 1.60. The van der Waals surface area contributed by atoms with Gasteiger partial charge in [0, 0.05) is 5.34 Å². The Bertz CT molecular complexity index is 105. The van der Waals surface area contributed by atoms with Crippen molar-refractivity contribution in [1.82, 2.24) is 5.34 Å². The highest BCUT2D eigenvalue weighted by atomic mass is 19.4. The number of amides is 1. The lowest BCUT2D eigenvalue weighted by Gasteiger charge is -2.05. The molecule has 0 radical (unpaired) electrons. The smallest absolute Gasteiger partial charge is 0.443 e. The van der Waals surface area contributed by atoms with E-state index in [4.69, 9.17) is 0 Å². The van der Waals surface area contributed by atoms with Crippen LogP contribution in [0.15, 0.2) is 0 Å². The summed E-state index contributed by atoms with van der Waals surface area (Å²) in [6.45, 7) is 2.98. The maximum atomic E-state index is 11.1. The van der Waals surface area contributed by atoms with Crippen LogP contribution in [0.5, 0.6) is 0 Å². The van der Waals surface area contributed by atoms with E-state index in [1.165, 1.54) is 13.8 Å². The van der Waals surface area contributed by atoms with E-state index >= 15 is 0 Å². The van der Waals surface area contributed by atoms with Gasteiger partial charge >= 0.3 is 6.09 Å². The van der Waals surface area contributed by atoms with Crippen molar-refractivity contribution in [1.29, 1.82) is 0 Å². The van der Waals surface area contributed by atoms with E-state index in [1.807, 2.05) is 0 Å². The van der Waals surface area contributed by atoms with Crippen molar-refractivity contribution in [3.8, 4) is 0 Å². The van der Waals surface area contributed by atoms with Gasteiger partial charge in [0.05, 0.1) is 6.10 Å². The molecule has 0 rings (SSSR count). The second-order valence-electron chi connectivity index (χ2n) is 1.67. The lowest BCUT2D eigenvalue weighted by Crippen LogP contribution is -2.19. The molecule has 0 aliphatic heterocycles. The monoisotopic (exact) mass is 139 g/mol. The fraction of sp³-hybridized carbons (Fsp3) is 0.750. The molecule has 0 spiro atoms. The van der Waals surface area contributed by atoms with Crippen LogP contribution < -0.4 is 0 Å². The van der Waals surface area contributed by atoms with Crippen molar-refractivity contribution >= 4 is 6.09 Å². The summed E-state index contributed by atoms with van der Waals surface area (Å²) in [6, 6.07) is 0. The molecule has 0 bridgehead atoms. The van der Waals surface area contributed by atoms with Crippen molar-refractivity contribution in [2.75, 3.05) is 0 Å². The Hall–Kier alpha value is -0.870. The Labute approximate surface area is 51.1 Å². The molecule has 0 fully saturated rings. The highest BCUT2D eigenvalue weighted by Crippen LogP contribution is 1.97. The lowest BCUT2D eigenvalue weighted by molar-refractivity contribution is -0.130. The molecule has 0 N–H and O–H groups in total. The van der Waals surface area contributed by atoms with Gasteiger partial charge in [0.1, 0.15) is 0 Å². The first kappa shape index (κ1) is 8.13. The van der Waals surface area contributed by atoms with Crippen LogP contribution >= 0.6 is 0 Å². The molecule has 0 aliphatic carbocycles. The number of rotatable bonds is 1. The summed E-state index contributed by atoms with van der Waals surface area (Å²) in [5, 5.41) is -1.60. The number of hydrogen-bond acceptors (Lipinski definition) is 2. The van der Waals surface area contributed by atoms with Crippen LogP contribution in [-0.4, -0.2) is 17.5 Å². The van der Waals surface area contributed by atoms with Crippen molar-refractivity contribution in [3.63, 3.8) is 0 Å². The molecule has 0 aromatic carbocycles. The van der Waals surface area contributed by atoms with Gasteiger partial charge in [-0.25, -0.2) is 4.79 Å². The van der Waals surface area contributed by atoms with Crippen molar-refractivity contribution in [2.24, 2.45) is 0 Å². The molecule has 0 aromatic rings. The van der Waals surface area contributed by atoms with Crippen LogP contribution in [0.25, 0.3) is 0 Å². The summed E-state index contributed by atoms with van der Waals surface area (Å²) in [5.74, 6) is 0. The molecule has 54 valence electrons. The molecule has 0 saturated heterocycles. The molecule has 0 unspecified atom stereocenters. The Morgan fingerprint density at radius 1 is 1.56 bits per heavy atom. The predicted molar refractivity (Wildman–Crippen MR) is 25.7 cm³/mol. The number of halogens is 2. The van der Waals surface area contributed by atoms with E-state index < -0.39 is 17.5 Å². The van der Waals surface area contributed by atoms with E-state index in [1.54, 1.807) is 0 Å². The number of carbonyl (C=O) groups is 1. The van der Waals surface area contributed by atoms with Gasteiger partial charge in [-0.2, -0.15) is 0 Å². The second-order valence-corrected chi connectivity index (χ2v) is 1.67. The van der Waals surface area contributed by atoms with E-state index in [0.717, 1.165) is 0 Å². The van der Waals surface area contributed by atoms with Crippen molar-refractivity contribution in [2.45, 2.75) is 20.0 Å². The molecule has 5 heteroatoms. The fourth-order valence-electron chi connectivity index (χ4n) is 0.241. The molecule has 0 heterocycles. The Balaban J connectivity index is 3.51. The topological polar surface area (TPSA) is 29.5 Å². The zero-order chi connectivity index (χ0) is 7.44. The number of nitrogens with zero attached hydrogens (tertiary/aromatic N) is 1. The van der Waals surface area contributed by atoms with E-state index in [2.05, 4.69) is 4.74 Å². The van der Waals surface area contributed by atoms with Gasteiger partial charge in [-0.15, -0.1) is 0 Å². The molecule has 0 aliphatic rings. The van der Waals surface area contributed by atoms with Crippen LogP contribution in [0.2, 0.25) is 0 Å². The molecule has 9 heavy (non-hydrogen) atoms. The minimum atomic E-state index is -1.62. The lowest BCUT2D eigenvalue weighted by atomic mass is 10.5. The van der Waals surface area contributed by atoms with Crippen molar-refractivity contribution < 1.29 is 18.5 Å². The van der Waals surface area contributed by atoms with Gasteiger partial charge in [0.2, 0.25) is 0 Å². The summed E-state index contributed by atoms with van der Waals surface area (Å²) in [4.78, 5) is 9.91. The van der Waals surface area contributed by atoms with Crippen LogP contribution in [-0.2, 0) is 4.74 Å². The zero-order valence-corrected chi connectivity index (χ0v) is 5.10. The minimum absolute atomic E-state index is 0.508. The zero-order valence-electron chi connectivity index (χ0n) is 5.10. The second kappa shape index (κ2) is 3.21. The van der Waals surface area contributed by atoms with Gasteiger partial charge in [-0.1, -0.05) is 8.96 Å². The van der Waals surface area contributed by atoms with Crippen LogP contribution in [0, 0.1) is 0 Å². The summed E-state index contributed by atoms with van der Waals surface area (Å²) in [6.07, 6.45) is -2.13. The van der Waals surface area contributed by atoms with Crippen molar-refractivity contribution in [3.05, 3.63) is 0 Å². The first-order valence-corrected chi connectivity index (χ1v) is 2.36. The summed E-state index contributed by atoms with van der Waals surface area (Å²) >= 11 is 0. The summed E-state index contributed by atoms with van der Waals surface area (Å²) in [5.41, 5.74) is 0. The Morgan fingerprint density at radius 3 is 2.11 bits per heavy atom. The maximum Gasteiger partial charge on any atom is 0.468 e. The highest BCUT2D eigenvalue weighted by Gasteiger charge is 2.13. The molecule has 0 atom stereocenters. The van der Waals surface area contributed by atoms with Crippen LogP contribution in [0.3, 0.4) is 0 Å². The summed E-state index contributed by atoms with van der Waals surface area (Å²) in [7, 11) is 0. The average molecular weight is 139 g/mol. The van der Waals surface area contributed by atoms with Gasteiger partial charge in [0.25, 0.3) is 0 Å². The fourth-order valence-corrected chi connectivity index (χ4v) is 0.241. The standard InChI is InChI=1S/C4H7F2NO2/c1-3(2)9-4(8)7(5)6/h3H,1-2H3. The Kier molecular flexibility index (Phi) is 2.90. The quantitative estimate of drug-likeness (QED) is 0.516. The van der Waals surface area contributed by atoms with Gasteiger partial charge in [0.15, 0.2) is 0 Å². The highest BCUT2D eigenvalue weighted by molar-refractivity contribution is 5.64. The molecule has 0 saturated carbocycles. The SMILES string of the molecule is CC(C)OC(=O)N(F)F. The van der Waals surface area contributed by atoms with E-state index in [9.17, 15) is 13.8 Å². The number of ether oxygens (including phenoxy) is 1. The largest absolute Gasteiger partial charge is 0.468 e. The third kappa shape index (κ3) is 3.69. The first-order valence-electron chi connectivity index (χ1n) is 2.36. The normalized spacial score (nSPS) is 9.44. The molecular weight excluding hydrogens is 132 g/mol. The molecule has 0 aromatic heterocycles. The van der Waals surface area contributed by atoms with Crippen LogP contribution in [0.4, 0.5) is 13.8 Å².